The van der Waals surface area contributed by atoms with Crippen LogP contribution in [0.15, 0.2) is 29.1 Å². The molecule has 0 unspecified atom stereocenters. The molecule has 0 aliphatic heterocycles. The first-order valence-corrected chi connectivity index (χ1v) is 8.54. The van der Waals surface area contributed by atoms with Gasteiger partial charge in [0, 0.05) is 20.2 Å². The Morgan fingerprint density at radius 3 is 2.40 bits per heavy atom. The zero-order chi connectivity index (χ0) is 22.9. The van der Waals surface area contributed by atoms with E-state index < -0.39 is 41.0 Å². The SMILES string of the molecule is CN(C)c1nc(C(=O)N[C@@H](c2ccc(OC(F)(F)F)c(F)c2)C(C)(C)O)cc(=O)[nH]1. The molecule has 0 aliphatic carbocycles. The molecule has 0 bridgehead atoms. The van der Waals surface area contributed by atoms with Gasteiger partial charge in [-0.15, -0.1) is 13.2 Å². The van der Waals surface area contributed by atoms with Crippen LogP contribution in [0.2, 0.25) is 0 Å². The molecular weight excluding hydrogens is 412 g/mol. The van der Waals surface area contributed by atoms with Gasteiger partial charge >= 0.3 is 6.36 Å². The molecule has 30 heavy (non-hydrogen) atoms. The minimum absolute atomic E-state index is 0.0273. The molecular formula is C18H20F4N4O4. The average molecular weight is 432 g/mol. The van der Waals surface area contributed by atoms with Gasteiger partial charge in [0.15, 0.2) is 11.6 Å². The third-order valence-corrected chi connectivity index (χ3v) is 3.88. The number of halogens is 4. The van der Waals surface area contributed by atoms with E-state index in [1.165, 1.54) is 18.7 Å². The second kappa shape index (κ2) is 8.30. The smallest absolute Gasteiger partial charge is 0.403 e. The molecule has 2 rings (SSSR count). The second-order valence-corrected chi connectivity index (χ2v) is 7.15. The molecule has 0 aliphatic rings. The maximum atomic E-state index is 14.1. The molecule has 12 heteroatoms. The normalized spacial score (nSPS) is 13.0. The monoisotopic (exact) mass is 432 g/mol. The molecule has 3 N–H and O–H groups in total. The molecule has 1 aromatic heterocycles. The number of aromatic nitrogens is 2. The number of ether oxygens (including phenoxy) is 1. The molecule has 0 saturated carbocycles. The van der Waals surface area contributed by atoms with Crippen LogP contribution in [0.3, 0.4) is 0 Å². The number of anilines is 1. The number of amides is 1. The van der Waals surface area contributed by atoms with Gasteiger partial charge in [-0.2, -0.15) is 0 Å². The van der Waals surface area contributed by atoms with E-state index in [-0.39, 0.29) is 17.2 Å². The van der Waals surface area contributed by atoms with Crippen LogP contribution >= 0.6 is 0 Å². The maximum Gasteiger partial charge on any atom is 0.573 e. The highest BCUT2D eigenvalue weighted by Gasteiger charge is 2.34. The van der Waals surface area contributed by atoms with Crippen LogP contribution in [0.25, 0.3) is 0 Å². The quantitative estimate of drug-likeness (QED) is 0.604. The highest BCUT2D eigenvalue weighted by Crippen LogP contribution is 2.31. The summed E-state index contributed by atoms with van der Waals surface area (Å²) in [6.45, 7) is 2.62. The molecule has 0 radical (unpaired) electrons. The van der Waals surface area contributed by atoms with Gasteiger partial charge < -0.3 is 20.1 Å². The van der Waals surface area contributed by atoms with Crippen molar-refractivity contribution in [2.24, 2.45) is 0 Å². The lowest BCUT2D eigenvalue weighted by Crippen LogP contribution is -2.42. The van der Waals surface area contributed by atoms with Crippen molar-refractivity contribution in [2.75, 3.05) is 19.0 Å². The summed E-state index contributed by atoms with van der Waals surface area (Å²) < 4.78 is 54.7. The first-order valence-electron chi connectivity index (χ1n) is 8.54. The van der Waals surface area contributed by atoms with Crippen LogP contribution in [0.1, 0.15) is 35.9 Å². The minimum atomic E-state index is -5.08. The van der Waals surface area contributed by atoms with Gasteiger partial charge in [0.05, 0.1) is 11.6 Å². The van der Waals surface area contributed by atoms with Gasteiger partial charge in [-0.05, 0) is 31.5 Å². The van der Waals surface area contributed by atoms with Gasteiger partial charge in [-0.25, -0.2) is 9.37 Å². The van der Waals surface area contributed by atoms with Crippen molar-refractivity contribution in [2.45, 2.75) is 31.9 Å². The number of nitrogens with one attached hydrogen (secondary N) is 2. The predicted molar refractivity (Wildman–Crippen MR) is 98.8 cm³/mol. The molecule has 0 fully saturated rings. The summed E-state index contributed by atoms with van der Waals surface area (Å²) in [5, 5.41) is 12.9. The number of carbonyl (C=O) groups is 1. The highest BCUT2D eigenvalue weighted by molar-refractivity contribution is 5.92. The van der Waals surface area contributed by atoms with Crippen molar-refractivity contribution < 1.29 is 32.2 Å². The number of nitrogens with zero attached hydrogens (tertiary/aromatic N) is 2. The van der Waals surface area contributed by atoms with Crippen molar-refractivity contribution >= 4 is 11.9 Å². The van der Waals surface area contributed by atoms with E-state index in [4.69, 9.17) is 0 Å². The lowest BCUT2D eigenvalue weighted by molar-refractivity contribution is -0.275. The molecule has 2 aromatic rings. The van der Waals surface area contributed by atoms with E-state index in [1.54, 1.807) is 14.1 Å². The molecule has 1 heterocycles. The number of rotatable bonds is 6. The fourth-order valence-corrected chi connectivity index (χ4v) is 2.55. The van der Waals surface area contributed by atoms with Crippen molar-refractivity contribution in [3.63, 3.8) is 0 Å². The first-order chi connectivity index (χ1) is 13.7. The molecule has 1 amide bonds. The Balaban J connectivity index is 2.37. The number of hydrogen-bond acceptors (Lipinski definition) is 6. The Morgan fingerprint density at radius 2 is 1.90 bits per heavy atom. The largest absolute Gasteiger partial charge is 0.573 e. The second-order valence-electron chi connectivity index (χ2n) is 7.15. The van der Waals surface area contributed by atoms with E-state index in [2.05, 4.69) is 20.0 Å². The fraction of sp³-hybridized carbons (Fsp3) is 0.389. The Labute approximate surface area is 168 Å². The van der Waals surface area contributed by atoms with Crippen molar-refractivity contribution in [3.8, 4) is 5.75 Å². The predicted octanol–water partition coefficient (Wildman–Crippen LogP) is 2.12. The molecule has 0 saturated heterocycles. The Morgan fingerprint density at radius 1 is 1.27 bits per heavy atom. The van der Waals surface area contributed by atoms with E-state index in [0.717, 1.165) is 18.2 Å². The number of aliphatic hydroxyl groups is 1. The third kappa shape index (κ3) is 5.92. The number of alkyl halides is 3. The fourth-order valence-electron chi connectivity index (χ4n) is 2.55. The summed E-state index contributed by atoms with van der Waals surface area (Å²) >= 11 is 0. The lowest BCUT2D eigenvalue weighted by Gasteiger charge is -2.30. The van der Waals surface area contributed by atoms with Crippen LogP contribution in [-0.4, -0.2) is 47.0 Å². The third-order valence-electron chi connectivity index (χ3n) is 3.88. The number of aromatic amines is 1. The van der Waals surface area contributed by atoms with Crippen LogP contribution in [-0.2, 0) is 0 Å². The molecule has 0 spiro atoms. The first kappa shape index (κ1) is 23.1. The van der Waals surface area contributed by atoms with E-state index >= 15 is 0 Å². The van der Waals surface area contributed by atoms with Crippen LogP contribution in [0.5, 0.6) is 5.75 Å². The van der Waals surface area contributed by atoms with E-state index in [9.17, 15) is 32.3 Å². The number of H-pyrrole nitrogens is 1. The summed E-state index contributed by atoms with van der Waals surface area (Å²) in [6, 6.07) is 2.20. The summed E-state index contributed by atoms with van der Waals surface area (Å²) in [4.78, 5) is 32.3. The zero-order valence-electron chi connectivity index (χ0n) is 16.5. The van der Waals surface area contributed by atoms with Crippen molar-refractivity contribution in [1.82, 2.24) is 15.3 Å². The molecule has 1 atom stereocenters. The number of carbonyl (C=O) groups excluding carboxylic acids is 1. The standard InChI is InChI=1S/C18H20F4N4O4/c1-17(2,29)14(9-5-6-12(10(19)7-9)30-18(20,21)22)25-15(28)11-8-13(27)24-16(23-11)26(3)4/h5-8,14,29H,1-4H3,(H,25,28)(H,23,24,27)/t14-/m0/s1. The van der Waals surface area contributed by atoms with Crippen molar-refractivity contribution in [3.05, 3.63) is 51.7 Å². The number of benzene rings is 1. The molecule has 8 nitrogen and oxygen atoms in total. The Kier molecular flexibility index (Phi) is 6.40. The topological polar surface area (TPSA) is 108 Å². The zero-order valence-corrected chi connectivity index (χ0v) is 16.5. The van der Waals surface area contributed by atoms with Crippen LogP contribution < -0.4 is 20.5 Å². The Hall–Kier alpha value is -3.15. The lowest BCUT2D eigenvalue weighted by atomic mass is 9.91. The van der Waals surface area contributed by atoms with Gasteiger partial charge in [0.1, 0.15) is 5.69 Å². The van der Waals surface area contributed by atoms with E-state index in [1.807, 2.05) is 0 Å². The number of hydrogen-bond donors (Lipinski definition) is 3. The van der Waals surface area contributed by atoms with E-state index in [0.29, 0.717) is 6.07 Å². The molecule has 1 aromatic carbocycles. The van der Waals surface area contributed by atoms with Crippen LogP contribution in [0.4, 0.5) is 23.5 Å². The van der Waals surface area contributed by atoms with Gasteiger partial charge in [-0.3, -0.25) is 14.6 Å². The van der Waals surface area contributed by atoms with Gasteiger partial charge in [0.25, 0.3) is 11.5 Å². The summed E-state index contributed by atoms with van der Waals surface area (Å²) in [7, 11) is 3.18. The average Bonchev–Trinajstić information content (AvgIpc) is 2.58. The summed E-state index contributed by atoms with van der Waals surface area (Å²) in [5.74, 6) is -3.14. The highest BCUT2D eigenvalue weighted by atomic mass is 19.4. The summed E-state index contributed by atoms with van der Waals surface area (Å²) in [6.07, 6.45) is -5.08. The maximum absolute atomic E-state index is 14.1. The van der Waals surface area contributed by atoms with Gasteiger partial charge in [0.2, 0.25) is 5.95 Å². The Bertz CT molecular complexity index is 983. The minimum Gasteiger partial charge on any atom is -0.403 e. The molecule has 164 valence electrons. The van der Waals surface area contributed by atoms with Gasteiger partial charge in [-0.1, -0.05) is 6.07 Å². The summed E-state index contributed by atoms with van der Waals surface area (Å²) in [5.41, 5.74) is -2.55. The van der Waals surface area contributed by atoms with Crippen LogP contribution in [0, 0.1) is 5.82 Å². The van der Waals surface area contributed by atoms with Crippen molar-refractivity contribution in [1.29, 1.82) is 0 Å².